The van der Waals surface area contributed by atoms with Crippen molar-refractivity contribution >= 4 is 44.9 Å². The van der Waals surface area contributed by atoms with Gasteiger partial charge in [0.2, 0.25) is 15.7 Å². The molecule has 1 saturated carbocycles. The summed E-state index contributed by atoms with van der Waals surface area (Å²) in [7, 11) is -5.59. The smallest absolute Gasteiger partial charge is 0.481 e. The molecule has 1 amide bonds. The average Bonchev–Trinajstić information content (AvgIpc) is 3.64. The van der Waals surface area contributed by atoms with Gasteiger partial charge in [0.1, 0.15) is 0 Å². The van der Waals surface area contributed by atoms with Crippen LogP contribution in [0.5, 0.6) is 0 Å². The highest BCUT2D eigenvalue weighted by Crippen LogP contribution is 2.54. The van der Waals surface area contributed by atoms with Crippen LogP contribution in [0.15, 0.2) is 48.5 Å². The zero-order valence-electron chi connectivity index (χ0n) is 20.3. The van der Waals surface area contributed by atoms with Crippen LogP contribution in [0.1, 0.15) is 55.7 Å². The van der Waals surface area contributed by atoms with Crippen LogP contribution in [0.3, 0.4) is 0 Å². The Morgan fingerprint density at radius 2 is 1.74 bits per heavy atom. The van der Waals surface area contributed by atoms with E-state index in [1.165, 1.54) is 11.8 Å². The molecule has 0 radical (unpaired) electrons. The van der Waals surface area contributed by atoms with Gasteiger partial charge in [-0.3, -0.25) is 9.59 Å². The standard InChI is InChI=1S/C26H26Cl2F3NO5S/c1-25(13-22(33)34)12-20(17-3-2-4-19(28)11-17)23(16-7-9-18(27)10-8-16)32(24(25)35)21(15-5-6-15)14-38(36,37)26(29,30)31/h2-4,7-11,15,20-21,23H,5-6,12-14H2,1H3,(H,33,34). The number of amides is 1. The van der Waals surface area contributed by atoms with Crippen LogP contribution >= 0.6 is 23.2 Å². The van der Waals surface area contributed by atoms with Crippen molar-refractivity contribution in [2.45, 2.75) is 56.1 Å². The Balaban J connectivity index is 1.94. The van der Waals surface area contributed by atoms with E-state index in [-0.39, 0.29) is 6.42 Å². The quantitative estimate of drug-likeness (QED) is 0.392. The Labute approximate surface area is 228 Å². The van der Waals surface area contributed by atoms with Crippen LogP contribution in [-0.4, -0.2) is 47.6 Å². The lowest BCUT2D eigenvalue weighted by Gasteiger charge is -2.52. The largest absolute Gasteiger partial charge is 0.497 e. The van der Waals surface area contributed by atoms with Gasteiger partial charge in [-0.05, 0) is 60.6 Å². The summed E-state index contributed by atoms with van der Waals surface area (Å²) >= 11 is 12.3. The summed E-state index contributed by atoms with van der Waals surface area (Å²) in [5.41, 5.74) is -5.80. The monoisotopic (exact) mass is 591 g/mol. The number of rotatable bonds is 8. The number of carboxylic acid groups (broad SMARTS) is 1. The SMILES string of the molecule is CC1(CC(=O)O)CC(c2cccc(Cl)c2)C(c2ccc(Cl)cc2)N(C(CS(=O)(=O)C(F)(F)F)C2CC2)C1=O. The predicted molar refractivity (Wildman–Crippen MR) is 137 cm³/mol. The van der Waals surface area contributed by atoms with Gasteiger partial charge in [0.25, 0.3) is 0 Å². The summed E-state index contributed by atoms with van der Waals surface area (Å²) in [6.07, 6.45) is 0.390. The van der Waals surface area contributed by atoms with E-state index >= 15 is 0 Å². The third-order valence-corrected chi connectivity index (χ3v) is 9.37. The fraction of sp³-hybridized carbons (Fsp3) is 0.462. The molecule has 2 aromatic rings. The zero-order chi connectivity index (χ0) is 28.0. The molecule has 0 spiro atoms. The van der Waals surface area contributed by atoms with Crippen molar-refractivity contribution < 1.29 is 36.3 Å². The lowest BCUT2D eigenvalue weighted by molar-refractivity contribution is -0.160. The minimum atomic E-state index is -5.59. The summed E-state index contributed by atoms with van der Waals surface area (Å²) in [5, 5.41) is 10.4. The fourth-order valence-corrected chi connectivity index (χ4v) is 6.88. The highest BCUT2D eigenvalue weighted by Gasteiger charge is 2.57. The molecular weight excluding hydrogens is 566 g/mol. The maximum Gasteiger partial charge on any atom is 0.497 e. The number of carbonyl (C=O) groups is 2. The maximum atomic E-state index is 14.1. The Bertz CT molecular complexity index is 1330. The number of carbonyl (C=O) groups excluding carboxylic acids is 1. The number of likely N-dealkylation sites (tertiary alicyclic amines) is 1. The van der Waals surface area contributed by atoms with Gasteiger partial charge in [-0.1, -0.05) is 54.4 Å². The number of carboxylic acids is 1. The molecular formula is C26H26Cl2F3NO5S. The molecule has 0 aromatic heterocycles. The van der Waals surface area contributed by atoms with E-state index in [4.69, 9.17) is 23.2 Å². The summed E-state index contributed by atoms with van der Waals surface area (Å²) < 4.78 is 65.3. The van der Waals surface area contributed by atoms with Crippen molar-refractivity contribution in [2.24, 2.45) is 11.3 Å². The minimum Gasteiger partial charge on any atom is -0.481 e. The predicted octanol–water partition coefficient (Wildman–Crippen LogP) is 6.24. The molecule has 1 heterocycles. The van der Waals surface area contributed by atoms with Crippen LogP contribution in [-0.2, 0) is 19.4 Å². The van der Waals surface area contributed by atoms with E-state index < -0.39 is 68.7 Å². The molecule has 4 rings (SSSR count). The van der Waals surface area contributed by atoms with Gasteiger partial charge in [0.15, 0.2) is 0 Å². The minimum absolute atomic E-state index is 0.0612. The topological polar surface area (TPSA) is 91.8 Å². The Kier molecular flexibility index (Phi) is 7.82. The van der Waals surface area contributed by atoms with E-state index in [0.717, 1.165) is 0 Å². The second-order valence-corrected chi connectivity index (χ2v) is 13.2. The zero-order valence-corrected chi connectivity index (χ0v) is 22.6. The first kappa shape index (κ1) is 28.7. The van der Waals surface area contributed by atoms with Gasteiger partial charge >= 0.3 is 11.5 Å². The maximum absolute atomic E-state index is 14.1. The van der Waals surface area contributed by atoms with Gasteiger partial charge in [-0.25, -0.2) is 8.42 Å². The number of hydrogen-bond donors (Lipinski definition) is 1. The van der Waals surface area contributed by atoms with Crippen LogP contribution in [0.4, 0.5) is 13.2 Å². The van der Waals surface area contributed by atoms with E-state index in [1.54, 1.807) is 48.5 Å². The molecule has 38 heavy (non-hydrogen) atoms. The van der Waals surface area contributed by atoms with Crippen molar-refractivity contribution in [3.63, 3.8) is 0 Å². The third kappa shape index (κ3) is 5.82. The van der Waals surface area contributed by atoms with Crippen molar-refractivity contribution in [2.75, 3.05) is 5.75 Å². The molecule has 0 bridgehead atoms. The number of halogens is 5. The summed E-state index contributed by atoms with van der Waals surface area (Å²) in [6, 6.07) is 11.0. The molecule has 4 unspecified atom stereocenters. The summed E-state index contributed by atoms with van der Waals surface area (Å²) in [4.78, 5) is 27.2. The molecule has 206 valence electrons. The van der Waals surface area contributed by atoms with Gasteiger partial charge in [0.05, 0.1) is 23.6 Å². The lowest BCUT2D eigenvalue weighted by atomic mass is 9.67. The molecule has 2 fully saturated rings. The molecule has 2 aromatic carbocycles. The summed E-state index contributed by atoms with van der Waals surface area (Å²) in [6.45, 7) is 1.47. The van der Waals surface area contributed by atoms with E-state index in [0.29, 0.717) is 34.0 Å². The number of aliphatic carboxylic acids is 1. The van der Waals surface area contributed by atoms with E-state index in [9.17, 15) is 36.3 Å². The van der Waals surface area contributed by atoms with Gasteiger partial charge in [-0.2, -0.15) is 13.2 Å². The molecule has 1 saturated heterocycles. The Hall–Kier alpha value is -2.30. The third-order valence-electron chi connectivity index (χ3n) is 7.40. The first-order valence-electron chi connectivity index (χ1n) is 12.0. The van der Waals surface area contributed by atoms with Crippen LogP contribution < -0.4 is 0 Å². The van der Waals surface area contributed by atoms with Crippen molar-refractivity contribution in [3.05, 3.63) is 69.7 Å². The number of nitrogens with zero attached hydrogens (tertiary/aromatic N) is 1. The second-order valence-electron chi connectivity index (χ2n) is 10.3. The normalized spacial score (nSPS) is 25.3. The molecule has 2 aliphatic rings. The lowest BCUT2D eigenvalue weighted by Crippen LogP contribution is -2.58. The molecule has 6 nitrogen and oxygen atoms in total. The Morgan fingerprint density at radius 1 is 1.11 bits per heavy atom. The van der Waals surface area contributed by atoms with Gasteiger partial charge < -0.3 is 10.0 Å². The highest BCUT2D eigenvalue weighted by molar-refractivity contribution is 7.92. The number of benzene rings is 2. The first-order valence-corrected chi connectivity index (χ1v) is 14.4. The van der Waals surface area contributed by atoms with Crippen molar-refractivity contribution in [3.8, 4) is 0 Å². The van der Waals surface area contributed by atoms with Crippen molar-refractivity contribution in [1.29, 1.82) is 0 Å². The first-order chi connectivity index (χ1) is 17.6. The van der Waals surface area contributed by atoms with E-state index in [2.05, 4.69) is 0 Å². The average molecular weight is 592 g/mol. The molecule has 1 aliphatic heterocycles. The highest BCUT2D eigenvalue weighted by atomic mass is 35.5. The summed E-state index contributed by atoms with van der Waals surface area (Å²) in [5.74, 6) is -4.30. The van der Waals surface area contributed by atoms with Gasteiger partial charge in [0, 0.05) is 22.0 Å². The number of piperidine rings is 1. The number of alkyl halides is 3. The van der Waals surface area contributed by atoms with Gasteiger partial charge in [-0.15, -0.1) is 0 Å². The molecule has 1 N–H and O–H groups in total. The fourth-order valence-electron chi connectivity index (χ4n) is 5.49. The van der Waals surface area contributed by atoms with Crippen molar-refractivity contribution in [1.82, 2.24) is 4.90 Å². The van der Waals surface area contributed by atoms with Crippen LogP contribution in [0.25, 0.3) is 0 Å². The van der Waals surface area contributed by atoms with E-state index in [1.807, 2.05) is 0 Å². The molecule has 1 aliphatic carbocycles. The molecule has 12 heteroatoms. The van der Waals surface area contributed by atoms with Crippen LogP contribution in [0.2, 0.25) is 10.0 Å². The number of sulfone groups is 1. The Morgan fingerprint density at radius 3 is 2.26 bits per heavy atom. The molecule has 4 atom stereocenters. The number of hydrogen-bond acceptors (Lipinski definition) is 4. The second kappa shape index (κ2) is 10.4. The van der Waals surface area contributed by atoms with Crippen LogP contribution in [0, 0.1) is 11.3 Å².